The minimum atomic E-state index is -0.514. The number of rotatable bonds is 3. The molecule has 5 nitrogen and oxygen atoms in total. The topological polar surface area (TPSA) is 67.4 Å². The Morgan fingerprint density at radius 1 is 1.18 bits per heavy atom. The Bertz CT molecular complexity index is 278. The zero-order valence-electron chi connectivity index (χ0n) is 10.8. The highest BCUT2D eigenvalue weighted by Gasteiger charge is 2.22. The first-order valence-corrected chi connectivity index (χ1v) is 6.13. The Kier molecular flexibility index (Phi) is 4.78. The fourth-order valence-corrected chi connectivity index (χ4v) is 1.85. The summed E-state index contributed by atoms with van der Waals surface area (Å²) < 4.78 is 5.04. The van der Waals surface area contributed by atoms with E-state index in [4.69, 9.17) is 4.74 Å². The van der Waals surface area contributed by atoms with Gasteiger partial charge in [-0.15, -0.1) is 0 Å². The first-order valence-electron chi connectivity index (χ1n) is 6.13. The standard InChI is InChI=1S/C12H22N2O3/c1-12(2,3)17-11(16)14-8-13-10(15)9-6-4-5-7-9/h9H,4-8H2,1-3H3,(H,13,15)(H,14,16). The van der Waals surface area contributed by atoms with E-state index in [-0.39, 0.29) is 18.5 Å². The summed E-state index contributed by atoms with van der Waals surface area (Å²) in [4.78, 5) is 22.9. The van der Waals surface area contributed by atoms with Crippen LogP contribution in [0.3, 0.4) is 0 Å². The number of carbonyl (C=O) groups is 2. The highest BCUT2D eigenvalue weighted by molar-refractivity contribution is 5.79. The quantitative estimate of drug-likeness (QED) is 0.741. The third kappa shape index (κ3) is 5.56. The van der Waals surface area contributed by atoms with E-state index in [2.05, 4.69) is 10.6 Å². The molecule has 98 valence electrons. The molecule has 0 bridgehead atoms. The van der Waals surface area contributed by atoms with Crippen LogP contribution in [0.2, 0.25) is 0 Å². The molecule has 0 aromatic rings. The summed E-state index contributed by atoms with van der Waals surface area (Å²) in [5.74, 6) is 0.147. The van der Waals surface area contributed by atoms with Crippen molar-refractivity contribution in [1.29, 1.82) is 0 Å². The fraction of sp³-hybridized carbons (Fsp3) is 0.833. The van der Waals surface area contributed by atoms with Crippen molar-refractivity contribution in [3.8, 4) is 0 Å². The predicted octanol–water partition coefficient (Wildman–Crippen LogP) is 1.77. The molecule has 1 rings (SSSR count). The van der Waals surface area contributed by atoms with Crippen molar-refractivity contribution in [3.63, 3.8) is 0 Å². The Balaban J connectivity index is 2.14. The van der Waals surface area contributed by atoms with Gasteiger partial charge in [0.05, 0.1) is 6.67 Å². The van der Waals surface area contributed by atoms with Crippen LogP contribution in [0, 0.1) is 5.92 Å². The lowest BCUT2D eigenvalue weighted by atomic mass is 10.1. The molecule has 1 saturated carbocycles. The van der Waals surface area contributed by atoms with E-state index in [1.165, 1.54) is 0 Å². The van der Waals surface area contributed by atoms with Crippen LogP contribution >= 0.6 is 0 Å². The van der Waals surface area contributed by atoms with Crippen LogP contribution in [0.1, 0.15) is 46.5 Å². The molecule has 0 unspecified atom stereocenters. The highest BCUT2D eigenvalue weighted by atomic mass is 16.6. The van der Waals surface area contributed by atoms with Gasteiger partial charge in [-0.05, 0) is 33.6 Å². The van der Waals surface area contributed by atoms with Gasteiger partial charge >= 0.3 is 6.09 Å². The number of alkyl carbamates (subject to hydrolysis) is 1. The molecule has 0 saturated heterocycles. The second-order valence-corrected chi connectivity index (χ2v) is 5.38. The SMILES string of the molecule is CC(C)(C)OC(=O)NCNC(=O)C1CCCC1. The average Bonchev–Trinajstić information content (AvgIpc) is 2.66. The second-order valence-electron chi connectivity index (χ2n) is 5.38. The van der Waals surface area contributed by atoms with Gasteiger partial charge in [0.15, 0.2) is 0 Å². The lowest BCUT2D eigenvalue weighted by Crippen LogP contribution is -2.41. The molecule has 0 spiro atoms. The molecular formula is C12H22N2O3. The summed E-state index contributed by atoms with van der Waals surface area (Å²) >= 11 is 0. The molecule has 17 heavy (non-hydrogen) atoms. The average molecular weight is 242 g/mol. The molecule has 0 aliphatic heterocycles. The first-order chi connectivity index (χ1) is 7.88. The number of nitrogens with one attached hydrogen (secondary N) is 2. The maximum absolute atomic E-state index is 11.6. The molecule has 0 radical (unpaired) electrons. The van der Waals surface area contributed by atoms with Gasteiger partial charge in [-0.1, -0.05) is 12.8 Å². The summed E-state index contributed by atoms with van der Waals surface area (Å²) in [6.07, 6.45) is 3.65. The summed E-state index contributed by atoms with van der Waals surface area (Å²) in [6.45, 7) is 5.52. The number of hydrogen-bond donors (Lipinski definition) is 2. The van der Waals surface area contributed by atoms with E-state index in [0.29, 0.717) is 0 Å². The molecule has 1 aliphatic carbocycles. The van der Waals surface area contributed by atoms with Crippen LogP contribution in [0.25, 0.3) is 0 Å². The summed E-state index contributed by atoms with van der Waals surface area (Å²) in [6, 6.07) is 0. The molecule has 2 amide bonds. The van der Waals surface area contributed by atoms with Gasteiger partial charge in [-0.2, -0.15) is 0 Å². The van der Waals surface area contributed by atoms with E-state index in [9.17, 15) is 9.59 Å². The molecule has 1 fully saturated rings. The Morgan fingerprint density at radius 2 is 1.76 bits per heavy atom. The van der Waals surface area contributed by atoms with E-state index in [1.807, 2.05) is 0 Å². The number of carbonyl (C=O) groups excluding carboxylic acids is 2. The van der Waals surface area contributed by atoms with Crippen LogP contribution in [-0.4, -0.2) is 24.3 Å². The Morgan fingerprint density at radius 3 is 2.29 bits per heavy atom. The summed E-state index contributed by atoms with van der Waals surface area (Å²) in [7, 11) is 0. The molecule has 0 aromatic heterocycles. The van der Waals surface area contributed by atoms with Crippen LogP contribution in [0.5, 0.6) is 0 Å². The van der Waals surface area contributed by atoms with Crippen molar-refractivity contribution in [1.82, 2.24) is 10.6 Å². The van der Waals surface area contributed by atoms with E-state index in [1.54, 1.807) is 20.8 Å². The minimum absolute atomic E-state index is 0.0264. The number of amides is 2. The maximum Gasteiger partial charge on any atom is 0.409 e. The molecule has 0 heterocycles. The summed E-state index contributed by atoms with van der Waals surface area (Å²) in [5, 5.41) is 5.19. The lowest BCUT2D eigenvalue weighted by Gasteiger charge is -2.20. The normalized spacial score (nSPS) is 16.6. The second kappa shape index (κ2) is 5.89. The van der Waals surface area contributed by atoms with Gasteiger partial charge < -0.3 is 15.4 Å². The molecule has 2 N–H and O–H groups in total. The lowest BCUT2D eigenvalue weighted by molar-refractivity contribution is -0.124. The van der Waals surface area contributed by atoms with Crippen molar-refractivity contribution >= 4 is 12.0 Å². The van der Waals surface area contributed by atoms with E-state index >= 15 is 0 Å². The third-order valence-electron chi connectivity index (χ3n) is 2.62. The predicted molar refractivity (Wildman–Crippen MR) is 64.3 cm³/mol. The number of ether oxygens (including phenoxy) is 1. The van der Waals surface area contributed by atoms with Crippen molar-refractivity contribution in [2.75, 3.05) is 6.67 Å². The van der Waals surface area contributed by atoms with Crippen molar-refractivity contribution in [2.24, 2.45) is 5.92 Å². The monoisotopic (exact) mass is 242 g/mol. The number of hydrogen-bond acceptors (Lipinski definition) is 3. The van der Waals surface area contributed by atoms with Gasteiger partial charge in [0.25, 0.3) is 0 Å². The summed E-state index contributed by atoms with van der Waals surface area (Å²) in [5.41, 5.74) is -0.514. The van der Waals surface area contributed by atoms with Crippen LogP contribution in [0.15, 0.2) is 0 Å². The van der Waals surface area contributed by atoms with Gasteiger partial charge in [0, 0.05) is 5.92 Å². The van der Waals surface area contributed by atoms with Crippen LogP contribution in [-0.2, 0) is 9.53 Å². The zero-order valence-corrected chi connectivity index (χ0v) is 10.8. The largest absolute Gasteiger partial charge is 0.444 e. The van der Waals surface area contributed by atoms with Gasteiger partial charge in [0.2, 0.25) is 5.91 Å². The van der Waals surface area contributed by atoms with Gasteiger partial charge in [-0.25, -0.2) is 4.79 Å². The molecule has 0 atom stereocenters. The van der Waals surface area contributed by atoms with E-state index in [0.717, 1.165) is 25.7 Å². The smallest absolute Gasteiger partial charge is 0.409 e. The highest BCUT2D eigenvalue weighted by Crippen LogP contribution is 2.24. The van der Waals surface area contributed by atoms with Crippen molar-refractivity contribution in [2.45, 2.75) is 52.1 Å². The molecular weight excluding hydrogens is 220 g/mol. The minimum Gasteiger partial charge on any atom is -0.444 e. The van der Waals surface area contributed by atoms with Gasteiger partial charge in [0.1, 0.15) is 5.60 Å². The first kappa shape index (κ1) is 13.8. The van der Waals surface area contributed by atoms with Crippen LogP contribution < -0.4 is 10.6 Å². The van der Waals surface area contributed by atoms with Crippen LogP contribution in [0.4, 0.5) is 4.79 Å². The zero-order chi connectivity index (χ0) is 12.9. The van der Waals surface area contributed by atoms with Crippen molar-refractivity contribution in [3.05, 3.63) is 0 Å². The molecule has 1 aliphatic rings. The van der Waals surface area contributed by atoms with Gasteiger partial charge in [-0.3, -0.25) is 4.79 Å². The Labute approximate surface area is 102 Å². The maximum atomic E-state index is 11.6. The molecule has 5 heteroatoms. The third-order valence-corrected chi connectivity index (χ3v) is 2.62. The Hall–Kier alpha value is -1.26. The fourth-order valence-electron chi connectivity index (χ4n) is 1.85. The molecule has 0 aromatic carbocycles. The van der Waals surface area contributed by atoms with E-state index < -0.39 is 11.7 Å². The van der Waals surface area contributed by atoms with Crippen molar-refractivity contribution < 1.29 is 14.3 Å².